The average molecular weight is 257 g/mol. The summed E-state index contributed by atoms with van der Waals surface area (Å²) in [6.07, 6.45) is -0.553. The number of nitrogens with one attached hydrogen (secondary N) is 1. The fraction of sp³-hybridized carbons (Fsp3) is 0.417. The van der Waals surface area contributed by atoms with Crippen molar-refractivity contribution in [1.29, 1.82) is 0 Å². The second-order valence-electron chi connectivity index (χ2n) is 4.26. The predicted molar refractivity (Wildman–Crippen MR) is 69.0 cm³/mol. The Bertz CT molecular complexity index is 407. The van der Waals surface area contributed by atoms with Gasteiger partial charge in [-0.2, -0.15) is 0 Å². The van der Waals surface area contributed by atoms with Crippen molar-refractivity contribution in [3.05, 3.63) is 28.8 Å². The summed E-state index contributed by atoms with van der Waals surface area (Å²) in [6, 6.07) is 4.68. The Morgan fingerprint density at radius 3 is 2.71 bits per heavy atom. The second kappa shape index (κ2) is 5.89. The third-order valence-electron chi connectivity index (χ3n) is 2.50. The van der Waals surface area contributed by atoms with E-state index in [0.29, 0.717) is 16.3 Å². The van der Waals surface area contributed by atoms with E-state index in [2.05, 4.69) is 5.32 Å². The van der Waals surface area contributed by atoms with Crippen LogP contribution < -0.4 is 11.1 Å². The maximum Gasteiger partial charge on any atom is 0.251 e. The molecular weight excluding hydrogens is 240 g/mol. The van der Waals surface area contributed by atoms with E-state index in [9.17, 15) is 9.90 Å². The number of carbonyl (C=O) groups is 1. The number of hydrogen-bond acceptors (Lipinski definition) is 3. The van der Waals surface area contributed by atoms with Crippen LogP contribution in [-0.2, 0) is 0 Å². The number of nitrogens with two attached hydrogens (primary N) is 1. The van der Waals surface area contributed by atoms with Crippen molar-refractivity contribution < 1.29 is 9.90 Å². The Kier molecular flexibility index (Phi) is 4.78. The van der Waals surface area contributed by atoms with Gasteiger partial charge in [-0.05, 0) is 24.1 Å². The van der Waals surface area contributed by atoms with Gasteiger partial charge in [-0.25, -0.2) is 0 Å². The number of nitrogen functional groups attached to an aromatic ring is 1. The SMILES string of the molecule is CC(C)C(O)CNC(=O)c1ccc(N)c(Cl)c1. The van der Waals surface area contributed by atoms with Crippen LogP contribution in [0.3, 0.4) is 0 Å². The van der Waals surface area contributed by atoms with Crippen LogP contribution in [0.2, 0.25) is 5.02 Å². The molecule has 1 aromatic carbocycles. The normalized spacial score (nSPS) is 12.5. The molecule has 0 heterocycles. The Hall–Kier alpha value is -1.26. The highest BCUT2D eigenvalue weighted by Gasteiger charge is 2.12. The van der Waals surface area contributed by atoms with Crippen LogP contribution in [0.4, 0.5) is 5.69 Å². The second-order valence-corrected chi connectivity index (χ2v) is 4.66. The minimum absolute atomic E-state index is 0.102. The molecule has 0 bridgehead atoms. The third kappa shape index (κ3) is 3.91. The largest absolute Gasteiger partial charge is 0.398 e. The number of carbonyl (C=O) groups excluding carboxylic acids is 1. The molecule has 0 radical (unpaired) electrons. The van der Waals surface area contributed by atoms with Crippen molar-refractivity contribution in [2.45, 2.75) is 20.0 Å². The zero-order chi connectivity index (χ0) is 13.0. The van der Waals surface area contributed by atoms with Gasteiger partial charge in [-0.15, -0.1) is 0 Å². The lowest BCUT2D eigenvalue weighted by Crippen LogP contribution is -2.34. The van der Waals surface area contributed by atoms with Crippen LogP contribution in [-0.4, -0.2) is 23.7 Å². The van der Waals surface area contributed by atoms with Crippen molar-refractivity contribution in [3.8, 4) is 0 Å². The Morgan fingerprint density at radius 2 is 2.18 bits per heavy atom. The predicted octanol–water partition coefficient (Wildman–Crippen LogP) is 1.67. The number of anilines is 1. The monoisotopic (exact) mass is 256 g/mol. The summed E-state index contributed by atoms with van der Waals surface area (Å²) in [7, 11) is 0. The van der Waals surface area contributed by atoms with Gasteiger partial charge in [0, 0.05) is 12.1 Å². The molecule has 4 N–H and O–H groups in total. The van der Waals surface area contributed by atoms with Gasteiger partial charge in [0.2, 0.25) is 0 Å². The fourth-order valence-electron chi connectivity index (χ4n) is 1.20. The van der Waals surface area contributed by atoms with E-state index in [1.54, 1.807) is 12.1 Å². The molecule has 0 spiro atoms. The first-order chi connectivity index (χ1) is 7.91. The molecule has 0 saturated carbocycles. The molecular formula is C12H17ClN2O2. The van der Waals surface area contributed by atoms with Crippen molar-refractivity contribution in [2.75, 3.05) is 12.3 Å². The first-order valence-electron chi connectivity index (χ1n) is 5.43. The molecule has 94 valence electrons. The molecule has 0 fully saturated rings. The Labute approximate surface area is 106 Å². The number of amides is 1. The summed E-state index contributed by atoms with van der Waals surface area (Å²) in [5.74, 6) is -0.170. The average Bonchev–Trinajstić information content (AvgIpc) is 2.28. The van der Waals surface area contributed by atoms with E-state index in [1.807, 2.05) is 13.8 Å². The molecule has 0 aliphatic rings. The molecule has 0 saturated heterocycles. The zero-order valence-corrected chi connectivity index (χ0v) is 10.7. The smallest absolute Gasteiger partial charge is 0.251 e. The lowest BCUT2D eigenvalue weighted by molar-refractivity contribution is 0.0871. The first-order valence-corrected chi connectivity index (χ1v) is 5.81. The maximum absolute atomic E-state index is 11.7. The molecule has 5 heteroatoms. The van der Waals surface area contributed by atoms with Gasteiger partial charge in [-0.3, -0.25) is 4.79 Å². The topological polar surface area (TPSA) is 75.3 Å². The summed E-state index contributed by atoms with van der Waals surface area (Å²) in [4.78, 5) is 11.7. The van der Waals surface area contributed by atoms with Crippen molar-refractivity contribution in [3.63, 3.8) is 0 Å². The standard InChI is InChI=1S/C12H17ClN2O2/c1-7(2)11(16)6-15-12(17)8-3-4-10(14)9(13)5-8/h3-5,7,11,16H,6,14H2,1-2H3,(H,15,17). The summed E-state index contributed by atoms with van der Waals surface area (Å²) in [5, 5.41) is 12.5. The fourth-order valence-corrected chi connectivity index (χ4v) is 1.38. The maximum atomic E-state index is 11.7. The van der Waals surface area contributed by atoms with Gasteiger partial charge in [-0.1, -0.05) is 25.4 Å². The summed E-state index contributed by atoms with van der Waals surface area (Å²) < 4.78 is 0. The highest BCUT2D eigenvalue weighted by molar-refractivity contribution is 6.33. The molecule has 0 aliphatic heterocycles. The van der Waals surface area contributed by atoms with Gasteiger partial charge in [0.25, 0.3) is 5.91 Å². The van der Waals surface area contributed by atoms with Gasteiger partial charge < -0.3 is 16.2 Å². The van der Waals surface area contributed by atoms with Crippen LogP contribution in [0.1, 0.15) is 24.2 Å². The van der Waals surface area contributed by atoms with E-state index in [-0.39, 0.29) is 18.4 Å². The lowest BCUT2D eigenvalue weighted by Gasteiger charge is -2.15. The molecule has 1 rings (SSSR count). The molecule has 1 atom stereocenters. The minimum Gasteiger partial charge on any atom is -0.398 e. The molecule has 1 aromatic rings. The molecule has 0 aliphatic carbocycles. The molecule has 1 amide bonds. The van der Waals surface area contributed by atoms with Crippen LogP contribution in [0.15, 0.2) is 18.2 Å². The van der Waals surface area contributed by atoms with Crippen molar-refractivity contribution >= 4 is 23.2 Å². The Balaban J connectivity index is 2.61. The molecule has 17 heavy (non-hydrogen) atoms. The van der Waals surface area contributed by atoms with Crippen molar-refractivity contribution in [1.82, 2.24) is 5.32 Å². The number of benzene rings is 1. The number of hydrogen-bond donors (Lipinski definition) is 3. The van der Waals surface area contributed by atoms with Crippen LogP contribution in [0.25, 0.3) is 0 Å². The van der Waals surface area contributed by atoms with Gasteiger partial charge in [0.15, 0.2) is 0 Å². The summed E-state index contributed by atoms with van der Waals surface area (Å²) >= 11 is 5.82. The van der Waals surface area contributed by atoms with Crippen LogP contribution in [0, 0.1) is 5.92 Å². The number of aliphatic hydroxyl groups excluding tert-OH is 1. The number of rotatable bonds is 4. The van der Waals surface area contributed by atoms with E-state index in [1.165, 1.54) is 6.07 Å². The van der Waals surface area contributed by atoms with E-state index >= 15 is 0 Å². The highest BCUT2D eigenvalue weighted by Crippen LogP contribution is 2.19. The quantitative estimate of drug-likeness (QED) is 0.718. The highest BCUT2D eigenvalue weighted by atomic mass is 35.5. The van der Waals surface area contributed by atoms with E-state index in [0.717, 1.165) is 0 Å². The summed E-state index contributed by atoms with van der Waals surface area (Å²) in [6.45, 7) is 3.99. The van der Waals surface area contributed by atoms with Crippen molar-refractivity contribution in [2.24, 2.45) is 5.92 Å². The van der Waals surface area contributed by atoms with Crippen LogP contribution in [0.5, 0.6) is 0 Å². The van der Waals surface area contributed by atoms with Crippen LogP contribution >= 0.6 is 11.6 Å². The first kappa shape index (κ1) is 13.8. The van der Waals surface area contributed by atoms with Gasteiger partial charge in [0.1, 0.15) is 0 Å². The minimum atomic E-state index is -0.553. The van der Waals surface area contributed by atoms with E-state index in [4.69, 9.17) is 17.3 Å². The molecule has 4 nitrogen and oxygen atoms in total. The third-order valence-corrected chi connectivity index (χ3v) is 2.83. The lowest BCUT2D eigenvalue weighted by atomic mass is 10.1. The van der Waals surface area contributed by atoms with E-state index < -0.39 is 6.10 Å². The number of halogens is 1. The van der Waals surface area contributed by atoms with Gasteiger partial charge in [0.05, 0.1) is 16.8 Å². The zero-order valence-electron chi connectivity index (χ0n) is 9.90. The van der Waals surface area contributed by atoms with Gasteiger partial charge >= 0.3 is 0 Å². The number of aliphatic hydroxyl groups is 1. The molecule has 1 unspecified atom stereocenters. The molecule has 0 aromatic heterocycles. The Morgan fingerprint density at radius 1 is 1.53 bits per heavy atom. The summed E-state index contributed by atoms with van der Waals surface area (Å²) in [5.41, 5.74) is 6.41.